The molecule has 3 aromatic rings. The lowest BCUT2D eigenvalue weighted by Gasteiger charge is -2.04. The molecule has 0 aliphatic heterocycles. The molecule has 0 saturated heterocycles. The third-order valence-corrected chi connectivity index (χ3v) is 7.72. The van der Waals surface area contributed by atoms with Crippen LogP contribution >= 0.6 is 23.1 Å². The fraction of sp³-hybridized carbons (Fsp3) is 0.579. The molecule has 0 bridgehead atoms. The van der Waals surface area contributed by atoms with Crippen molar-refractivity contribution in [3.63, 3.8) is 0 Å². The van der Waals surface area contributed by atoms with Gasteiger partial charge in [-0.3, -0.25) is 5.10 Å². The van der Waals surface area contributed by atoms with E-state index in [2.05, 4.69) is 20.2 Å². The van der Waals surface area contributed by atoms with Gasteiger partial charge in [-0.1, -0.05) is 31.0 Å². The number of aryl methyl sites for hydroxylation is 2. The fourth-order valence-corrected chi connectivity index (χ4v) is 6.25. The van der Waals surface area contributed by atoms with Crippen LogP contribution < -0.4 is 5.73 Å². The molecule has 3 heterocycles. The molecule has 142 valence electrons. The van der Waals surface area contributed by atoms with Crippen LogP contribution in [0.25, 0.3) is 10.2 Å². The highest BCUT2D eigenvalue weighted by Crippen LogP contribution is 2.37. The summed E-state index contributed by atoms with van der Waals surface area (Å²) >= 11 is 3.39. The topological polar surface area (TPSA) is 93.4 Å². The number of nitrogens with two attached hydrogens (primary N) is 1. The summed E-state index contributed by atoms with van der Waals surface area (Å²) in [6.45, 7) is 0. The Morgan fingerprint density at radius 1 is 1.04 bits per heavy atom. The summed E-state index contributed by atoms with van der Waals surface area (Å²) in [4.78, 5) is 16.6. The van der Waals surface area contributed by atoms with Gasteiger partial charge in [0, 0.05) is 10.8 Å². The zero-order valence-electron chi connectivity index (χ0n) is 15.3. The number of anilines is 1. The van der Waals surface area contributed by atoms with Crippen molar-refractivity contribution < 1.29 is 0 Å². The van der Waals surface area contributed by atoms with E-state index < -0.39 is 0 Å². The van der Waals surface area contributed by atoms with Crippen molar-refractivity contribution in [3.8, 4) is 0 Å². The van der Waals surface area contributed by atoms with Gasteiger partial charge in [0.05, 0.1) is 11.1 Å². The number of fused-ring (bicyclic) bond motifs is 3. The molecule has 8 heteroatoms. The maximum atomic E-state index is 6.34. The molecule has 0 spiro atoms. The number of nitrogens with one attached hydrogen (secondary N) is 1. The summed E-state index contributed by atoms with van der Waals surface area (Å²) in [7, 11) is 0. The van der Waals surface area contributed by atoms with E-state index in [1.165, 1.54) is 55.4 Å². The van der Waals surface area contributed by atoms with Gasteiger partial charge in [-0.05, 0) is 44.1 Å². The zero-order valence-corrected chi connectivity index (χ0v) is 17.0. The summed E-state index contributed by atoms with van der Waals surface area (Å²) in [6, 6.07) is 0. The first-order chi connectivity index (χ1) is 13.3. The number of thiophene rings is 1. The highest BCUT2D eigenvalue weighted by molar-refractivity contribution is 7.98. The quantitative estimate of drug-likeness (QED) is 0.491. The third kappa shape index (κ3) is 3.45. The van der Waals surface area contributed by atoms with Crippen molar-refractivity contribution in [1.29, 1.82) is 0 Å². The summed E-state index contributed by atoms with van der Waals surface area (Å²) in [6.07, 6.45) is 11.1. The average Bonchev–Trinajstić information content (AvgIpc) is 3.37. The molecule has 0 unspecified atom stereocenters. The normalized spacial score (nSPS) is 18.1. The number of aromatic amines is 1. The first-order valence-electron chi connectivity index (χ1n) is 9.89. The molecule has 0 amide bonds. The summed E-state index contributed by atoms with van der Waals surface area (Å²) in [5, 5.41) is 9.37. The smallest absolute Gasteiger partial charge is 0.208 e. The highest BCUT2D eigenvalue weighted by atomic mass is 32.2. The number of rotatable bonds is 4. The molecule has 0 radical (unpaired) electrons. The number of H-pyrrole nitrogens is 1. The molecule has 2 aliphatic rings. The SMILES string of the molecule is Nc1nc(CSc2n[nH]c(C3CCCC3)n2)nc2sc3c(c12)CCCCC3. The Morgan fingerprint density at radius 3 is 2.78 bits per heavy atom. The van der Waals surface area contributed by atoms with Crippen LogP contribution in [0.1, 0.15) is 73.0 Å². The Hall–Kier alpha value is -1.67. The van der Waals surface area contributed by atoms with Crippen molar-refractivity contribution in [2.24, 2.45) is 0 Å². The van der Waals surface area contributed by atoms with Crippen LogP contribution in [0.2, 0.25) is 0 Å². The van der Waals surface area contributed by atoms with Crippen molar-refractivity contribution in [2.75, 3.05) is 5.73 Å². The Balaban J connectivity index is 1.35. The molecule has 5 rings (SSSR count). The highest BCUT2D eigenvalue weighted by Gasteiger charge is 2.22. The van der Waals surface area contributed by atoms with Gasteiger partial charge in [0.1, 0.15) is 22.3 Å². The standard InChI is InChI=1S/C19H24N6S2/c20-16-15-12-8-2-1-3-9-13(12)27-18(15)22-14(21-16)10-26-19-23-17(24-25-19)11-6-4-5-7-11/h11H,1-10H2,(H2,20,21,22)(H,23,24,25). The van der Waals surface area contributed by atoms with E-state index >= 15 is 0 Å². The largest absolute Gasteiger partial charge is 0.383 e. The lowest BCUT2D eigenvalue weighted by atomic mass is 10.1. The van der Waals surface area contributed by atoms with E-state index in [0.29, 0.717) is 17.5 Å². The number of nitrogens with zero attached hydrogens (tertiary/aromatic N) is 4. The van der Waals surface area contributed by atoms with E-state index in [9.17, 15) is 0 Å². The minimum absolute atomic E-state index is 0.552. The van der Waals surface area contributed by atoms with Crippen LogP contribution in [0.3, 0.4) is 0 Å². The predicted octanol–water partition coefficient (Wildman–Crippen LogP) is 4.61. The summed E-state index contributed by atoms with van der Waals surface area (Å²) in [5.41, 5.74) is 7.74. The molecule has 0 atom stereocenters. The van der Waals surface area contributed by atoms with Crippen molar-refractivity contribution in [3.05, 3.63) is 22.1 Å². The Kier molecular flexibility index (Phi) is 4.77. The first-order valence-corrected chi connectivity index (χ1v) is 11.7. The van der Waals surface area contributed by atoms with Gasteiger partial charge < -0.3 is 5.73 Å². The van der Waals surface area contributed by atoms with Crippen LogP contribution in [-0.4, -0.2) is 25.1 Å². The van der Waals surface area contributed by atoms with Crippen molar-refractivity contribution in [1.82, 2.24) is 25.1 Å². The van der Waals surface area contributed by atoms with Crippen LogP contribution in [0.5, 0.6) is 0 Å². The van der Waals surface area contributed by atoms with E-state index in [4.69, 9.17) is 10.7 Å². The number of aromatic nitrogens is 5. The second-order valence-electron chi connectivity index (χ2n) is 7.54. The second kappa shape index (κ2) is 7.39. The van der Waals surface area contributed by atoms with E-state index in [-0.39, 0.29) is 0 Å². The molecule has 3 N–H and O–H groups in total. The lowest BCUT2D eigenvalue weighted by Crippen LogP contribution is -2.00. The van der Waals surface area contributed by atoms with Gasteiger partial charge in [0.2, 0.25) is 5.16 Å². The predicted molar refractivity (Wildman–Crippen MR) is 110 cm³/mol. The first kappa shape index (κ1) is 17.4. The molecule has 1 fully saturated rings. The minimum Gasteiger partial charge on any atom is -0.383 e. The van der Waals surface area contributed by atoms with Crippen LogP contribution in [0.15, 0.2) is 5.16 Å². The summed E-state index contributed by atoms with van der Waals surface area (Å²) < 4.78 is 0. The van der Waals surface area contributed by atoms with Crippen LogP contribution in [0.4, 0.5) is 5.82 Å². The summed E-state index contributed by atoms with van der Waals surface area (Å²) in [5.74, 6) is 3.64. The lowest BCUT2D eigenvalue weighted by molar-refractivity contribution is 0.671. The van der Waals surface area contributed by atoms with Gasteiger partial charge in [0.15, 0.2) is 0 Å². The molecule has 27 heavy (non-hydrogen) atoms. The minimum atomic E-state index is 0.552. The van der Waals surface area contributed by atoms with Gasteiger partial charge >= 0.3 is 0 Å². The fourth-order valence-electron chi connectivity index (χ4n) is 4.31. The van der Waals surface area contributed by atoms with Gasteiger partial charge in [-0.15, -0.1) is 16.4 Å². The van der Waals surface area contributed by atoms with E-state index in [1.807, 2.05) is 0 Å². The number of thioether (sulfide) groups is 1. The third-order valence-electron chi connectivity index (χ3n) is 5.69. The van der Waals surface area contributed by atoms with Gasteiger partial charge in [-0.25, -0.2) is 15.0 Å². The number of hydrogen-bond donors (Lipinski definition) is 2. The maximum Gasteiger partial charge on any atom is 0.208 e. The molecular formula is C19H24N6S2. The Labute approximate surface area is 166 Å². The van der Waals surface area contributed by atoms with E-state index in [0.717, 1.165) is 39.9 Å². The zero-order chi connectivity index (χ0) is 18.2. The molecule has 1 saturated carbocycles. The molecular weight excluding hydrogens is 376 g/mol. The number of nitrogen functional groups attached to an aromatic ring is 1. The average molecular weight is 401 g/mol. The Bertz CT molecular complexity index is 957. The molecule has 2 aliphatic carbocycles. The molecule has 3 aromatic heterocycles. The molecule has 6 nitrogen and oxygen atoms in total. The van der Waals surface area contributed by atoms with Crippen molar-refractivity contribution >= 4 is 39.1 Å². The number of hydrogen-bond acceptors (Lipinski definition) is 7. The van der Waals surface area contributed by atoms with Gasteiger partial charge in [0.25, 0.3) is 0 Å². The van der Waals surface area contributed by atoms with Crippen LogP contribution in [0, 0.1) is 0 Å². The van der Waals surface area contributed by atoms with Crippen LogP contribution in [-0.2, 0) is 18.6 Å². The Morgan fingerprint density at radius 2 is 1.89 bits per heavy atom. The second-order valence-corrected chi connectivity index (χ2v) is 9.57. The maximum absolute atomic E-state index is 6.34. The molecule has 0 aromatic carbocycles. The van der Waals surface area contributed by atoms with E-state index in [1.54, 1.807) is 23.1 Å². The van der Waals surface area contributed by atoms with Gasteiger partial charge in [-0.2, -0.15) is 0 Å². The monoisotopic (exact) mass is 400 g/mol. The van der Waals surface area contributed by atoms with Crippen molar-refractivity contribution in [2.45, 2.75) is 74.6 Å².